The van der Waals surface area contributed by atoms with E-state index in [2.05, 4.69) is 45.6 Å². The molecule has 0 radical (unpaired) electrons. The molecule has 2 saturated heterocycles. The number of piperazine rings is 1. The topological polar surface area (TPSA) is 77.7 Å². The summed E-state index contributed by atoms with van der Waals surface area (Å²) in [6.45, 7) is 12.1. The molecule has 4 heterocycles. The maximum Gasteiger partial charge on any atom is 0.236 e. The van der Waals surface area contributed by atoms with Gasteiger partial charge in [0.2, 0.25) is 5.91 Å². The number of rotatable bonds is 5. The quantitative estimate of drug-likeness (QED) is 0.556. The molecule has 2 aromatic rings. The van der Waals surface area contributed by atoms with Crippen molar-refractivity contribution in [1.29, 1.82) is 0 Å². The maximum absolute atomic E-state index is 12.5. The number of aryl methyl sites for hydroxylation is 1. The van der Waals surface area contributed by atoms with E-state index < -0.39 is 0 Å². The average Bonchev–Trinajstić information content (AvgIpc) is 3.22. The molecule has 31 heavy (non-hydrogen) atoms. The number of aromatic nitrogens is 2. The van der Waals surface area contributed by atoms with Crippen molar-refractivity contribution >= 4 is 17.5 Å². The van der Waals surface area contributed by atoms with Gasteiger partial charge in [-0.2, -0.15) is 0 Å². The molecule has 4 rings (SSSR count). The molecule has 1 N–H and O–H groups in total. The van der Waals surface area contributed by atoms with Gasteiger partial charge in [-0.05, 0) is 26.0 Å². The summed E-state index contributed by atoms with van der Waals surface area (Å²) in [4.78, 5) is 28.5. The second-order valence-electron chi connectivity index (χ2n) is 8.05. The van der Waals surface area contributed by atoms with Crippen LogP contribution in [0.25, 0.3) is 5.65 Å². The summed E-state index contributed by atoms with van der Waals surface area (Å²) < 4.78 is 7.44. The fourth-order valence-electron chi connectivity index (χ4n) is 4.08. The van der Waals surface area contributed by atoms with E-state index in [1.165, 1.54) is 0 Å². The second-order valence-corrected chi connectivity index (χ2v) is 8.05. The van der Waals surface area contributed by atoms with Crippen LogP contribution in [0.15, 0.2) is 29.4 Å². The molecule has 0 spiro atoms. The first-order chi connectivity index (χ1) is 15.1. The van der Waals surface area contributed by atoms with Crippen LogP contribution in [0.3, 0.4) is 0 Å². The summed E-state index contributed by atoms with van der Waals surface area (Å²) in [5.74, 6) is 1.12. The summed E-state index contributed by atoms with van der Waals surface area (Å²) in [5, 5.41) is 3.41. The van der Waals surface area contributed by atoms with Crippen molar-refractivity contribution in [3.8, 4) is 0 Å². The van der Waals surface area contributed by atoms with Crippen LogP contribution in [0, 0.1) is 6.92 Å². The molecule has 0 bridgehead atoms. The largest absolute Gasteiger partial charge is 0.378 e. The first-order valence-electron chi connectivity index (χ1n) is 11.2. The van der Waals surface area contributed by atoms with Crippen LogP contribution in [0.4, 0.5) is 0 Å². The van der Waals surface area contributed by atoms with Crippen LogP contribution < -0.4 is 5.32 Å². The molecule has 2 fully saturated rings. The van der Waals surface area contributed by atoms with E-state index in [4.69, 9.17) is 14.7 Å². The summed E-state index contributed by atoms with van der Waals surface area (Å²) in [5.41, 5.74) is 3.07. The standard InChI is InChI=1S/C22H33N7O2/c1-3-23-22(24-15-19-16-29-18(2)5-4-6-20(29)25-19)28-9-7-26(8-10-28)17-21(30)27-11-13-31-14-12-27/h4-6,16H,3,7-15,17H2,1-2H3,(H,23,24). The Bertz CT molecular complexity index is 912. The summed E-state index contributed by atoms with van der Waals surface area (Å²) >= 11 is 0. The zero-order valence-corrected chi connectivity index (χ0v) is 18.6. The van der Waals surface area contributed by atoms with Crippen LogP contribution in [0.5, 0.6) is 0 Å². The molecule has 0 unspecified atom stereocenters. The lowest BCUT2D eigenvalue weighted by molar-refractivity contribution is -0.136. The van der Waals surface area contributed by atoms with Gasteiger partial charge in [-0.3, -0.25) is 9.69 Å². The van der Waals surface area contributed by atoms with Crippen molar-refractivity contribution < 1.29 is 9.53 Å². The second kappa shape index (κ2) is 10.1. The van der Waals surface area contributed by atoms with Gasteiger partial charge in [0.05, 0.1) is 32.0 Å². The number of hydrogen-bond acceptors (Lipinski definition) is 5. The number of morpholine rings is 1. The van der Waals surface area contributed by atoms with Crippen LogP contribution >= 0.6 is 0 Å². The van der Waals surface area contributed by atoms with Crippen LogP contribution in [-0.2, 0) is 16.1 Å². The molecule has 0 saturated carbocycles. The number of amides is 1. The van der Waals surface area contributed by atoms with Crippen molar-refractivity contribution in [1.82, 2.24) is 29.4 Å². The van der Waals surface area contributed by atoms with Crippen molar-refractivity contribution in [3.05, 3.63) is 35.8 Å². The molecule has 0 aromatic carbocycles. The van der Waals surface area contributed by atoms with Gasteiger partial charge in [0.1, 0.15) is 5.65 Å². The lowest BCUT2D eigenvalue weighted by Crippen LogP contribution is -2.54. The molecule has 1 amide bonds. The Kier molecular flexibility index (Phi) is 7.03. The molecule has 168 valence electrons. The Morgan fingerprint density at radius 3 is 2.61 bits per heavy atom. The Morgan fingerprint density at radius 1 is 1.13 bits per heavy atom. The normalized spacial score (nSPS) is 18.6. The van der Waals surface area contributed by atoms with Crippen molar-refractivity contribution in [2.45, 2.75) is 20.4 Å². The summed E-state index contributed by atoms with van der Waals surface area (Å²) in [6, 6.07) is 6.12. The predicted octanol–water partition coefficient (Wildman–Crippen LogP) is 0.585. The molecule has 9 nitrogen and oxygen atoms in total. The van der Waals surface area contributed by atoms with E-state index in [0.29, 0.717) is 39.4 Å². The van der Waals surface area contributed by atoms with Gasteiger partial charge in [0.15, 0.2) is 5.96 Å². The van der Waals surface area contributed by atoms with Gasteiger partial charge in [-0.25, -0.2) is 9.98 Å². The number of pyridine rings is 1. The third-order valence-electron chi connectivity index (χ3n) is 5.87. The molecule has 2 aromatic heterocycles. The zero-order chi connectivity index (χ0) is 21.6. The summed E-state index contributed by atoms with van der Waals surface area (Å²) in [7, 11) is 0. The van der Waals surface area contributed by atoms with Crippen molar-refractivity contribution in [3.63, 3.8) is 0 Å². The number of imidazole rings is 1. The highest BCUT2D eigenvalue weighted by atomic mass is 16.5. The molecular weight excluding hydrogens is 394 g/mol. The third kappa shape index (κ3) is 5.34. The monoisotopic (exact) mass is 427 g/mol. The summed E-state index contributed by atoms with van der Waals surface area (Å²) in [6.07, 6.45) is 2.06. The predicted molar refractivity (Wildman–Crippen MR) is 120 cm³/mol. The molecular formula is C22H33N7O2. The van der Waals surface area contributed by atoms with Crippen LogP contribution in [0.1, 0.15) is 18.3 Å². The van der Waals surface area contributed by atoms with E-state index >= 15 is 0 Å². The van der Waals surface area contributed by atoms with Crippen molar-refractivity contribution in [2.24, 2.45) is 4.99 Å². The van der Waals surface area contributed by atoms with E-state index in [9.17, 15) is 4.79 Å². The number of aliphatic imine (C=N–C) groups is 1. The van der Waals surface area contributed by atoms with E-state index in [-0.39, 0.29) is 5.91 Å². The fraction of sp³-hybridized carbons (Fsp3) is 0.591. The number of nitrogens with one attached hydrogen (secondary N) is 1. The van der Waals surface area contributed by atoms with Gasteiger partial charge in [0.25, 0.3) is 0 Å². The van der Waals surface area contributed by atoms with E-state index in [0.717, 1.165) is 55.7 Å². The van der Waals surface area contributed by atoms with Crippen LogP contribution in [-0.4, -0.2) is 102 Å². The number of carbonyl (C=O) groups is 1. The zero-order valence-electron chi connectivity index (χ0n) is 18.6. The number of carbonyl (C=O) groups excluding carboxylic acids is 1. The minimum Gasteiger partial charge on any atom is -0.378 e. The first-order valence-corrected chi connectivity index (χ1v) is 11.2. The highest BCUT2D eigenvalue weighted by molar-refractivity contribution is 5.80. The Morgan fingerprint density at radius 2 is 1.90 bits per heavy atom. The minimum atomic E-state index is 0.208. The number of fused-ring (bicyclic) bond motifs is 1. The Hall–Kier alpha value is -2.65. The lowest BCUT2D eigenvalue weighted by atomic mass is 10.3. The molecule has 2 aliphatic rings. The van der Waals surface area contributed by atoms with Crippen LogP contribution in [0.2, 0.25) is 0 Å². The van der Waals surface area contributed by atoms with Gasteiger partial charge < -0.3 is 24.3 Å². The number of ether oxygens (including phenoxy) is 1. The minimum absolute atomic E-state index is 0.208. The van der Waals surface area contributed by atoms with Gasteiger partial charge in [-0.15, -0.1) is 0 Å². The Balaban J connectivity index is 1.33. The molecule has 0 aliphatic carbocycles. The first kappa shape index (κ1) is 21.6. The van der Waals surface area contributed by atoms with Gasteiger partial charge >= 0.3 is 0 Å². The molecule has 0 atom stereocenters. The van der Waals surface area contributed by atoms with E-state index in [1.807, 2.05) is 17.0 Å². The Labute approximate surface area is 183 Å². The number of hydrogen-bond donors (Lipinski definition) is 1. The lowest BCUT2D eigenvalue weighted by Gasteiger charge is -2.37. The maximum atomic E-state index is 12.5. The number of guanidine groups is 1. The SMILES string of the molecule is CCNC(=NCc1cn2c(C)cccc2n1)N1CCN(CC(=O)N2CCOCC2)CC1. The third-order valence-corrected chi connectivity index (χ3v) is 5.87. The molecule has 2 aliphatic heterocycles. The average molecular weight is 428 g/mol. The van der Waals surface area contributed by atoms with Crippen molar-refractivity contribution in [2.75, 3.05) is 65.6 Å². The van der Waals surface area contributed by atoms with E-state index in [1.54, 1.807) is 0 Å². The number of nitrogens with zero attached hydrogens (tertiary/aromatic N) is 6. The van der Waals surface area contributed by atoms with Gasteiger partial charge in [-0.1, -0.05) is 6.07 Å². The van der Waals surface area contributed by atoms with Gasteiger partial charge in [0, 0.05) is 57.7 Å². The highest BCUT2D eigenvalue weighted by Gasteiger charge is 2.24. The highest BCUT2D eigenvalue weighted by Crippen LogP contribution is 2.10. The fourth-order valence-corrected chi connectivity index (χ4v) is 4.08. The smallest absolute Gasteiger partial charge is 0.236 e. The molecule has 9 heteroatoms.